The molecular weight excluding hydrogens is 1430 g/mol. The van der Waals surface area contributed by atoms with Gasteiger partial charge in [0.2, 0.25) is 12.1 Å². The van der Waals surface area contributed by atoms with Crippen molar-refractivity contribution >= 4 is 35.8 Å². The molecule has 0 spiro atoms. The van der Waals surface area contributed by atoms with E-state index in [9.17, 15) is 39.0 Å². The number of aliphatic hydroxyl groups is 2. The first kappa shape index (κ1) is 106. The molecule has 17 heteroatoms. The van der Waals surface area contributed by atoms with Gasteiger partial charge < -0.3 is 52.8 Å². The highest BCUT2D eigenvalue weighted by Gasteiger charge is 2.65. The number of aliphatic hydroxyl groups excluding tert-OH is 2. The van der Waals surface area contributed by atoms with Crippen LogP contribution in [0.3, 0.4) is 0 Å². The number of carbonyl (C=O) groups excluding carboxylic acids is 6. The Balaban J connectivity index is 2.80. The second-order valence-electron chi connectivity index (χ2n) is 34.1. The number of hydrogen-bond donors (Lipinski definition) is 2. The molecule has 2 aliphatic rings. The van der Waals surface area contributed by atoms with Crippen molar-refractivity contribution in [2.24, 2.45) is 0 Å². The van der Waals surface area contributed by atoms with E-state index in [0.29, 0.717) is 38.5 Å². The molecule has 2 heterocycles. The molecule has 0 saturated carbocycles. The summed E-state index contributed by atoms with van der Waals surface area (Å²) < 4.78 is 58.9. The smallest absolute Gasteiger partial charge is 0.306 e. The normalized spacial score (nSPS) is 19.5. The Kier molecular flexibility index (Phi) is 71.1. The Morgan fingerprint density at radius 3 is 0.779 bits per heavy atom. The minimum atomic E-state index is -2.48. The molecule has 0 aromatic heterocycles. The fraction of sp³-hybridized carbons (Fsp3) is 0.938. The summed E-state index contributed by atoms with van der Waals surface area (Å²) in [6.45, 7) is 11.3. The molecule has 0 unspecified atom stereocenters. The summed E-state index contributed by atoms with van der Waals surface area (Å²) in [5.74, 6) is -6.22. The molecule has 2 saturated heterocycles. The van der Waals surface area contributed by atoms with Gasteiger partial charge in [-0.1, -0.05) is 427 Å². The minimum absolute atomic E-state index is 0.000980. The van der Waals surface area contributed by atoms with Crippen LogP contribution in [0, 0.1) is 0 Å². The highest BCUT2D eigenvalue weighted by atomic mass is 16.8. The van der Waals surface area contributed by atoms with Crippen molar-refractivity contribution in [1.82, 2.24) is 0 Å². The first-order valence-corrected chi connectivity index (χ1v) is 48.7. The van der Waals surface area contributed by atoms with E-state index in [4.69, 9.17) is 42.6 Å². The average Bonchev–Trinajstić information content (AvgIpc) is 1.62. The van der Waals surface area contributed by atoms with Crippen LogP contribution in [0.5, 0.6) is 0 Å². The maximum Gasteiger partial charge on any atom is 0.306 e. The topological polar surface area (TPSA) is 226 Å². The Labute approximate surface area is 692 Å². The van der Waals surface area contributed by atoms with Crippen molar-refractivity contribution in [3.05, 3.63) is 0 Å². The molecule has 0 bridgehead atoms. The molecular formula is C96H178O17. The Hall–Kier alpha value is -3.38. The zero-order valence-electron chi connectivity index (χ0n) is 74.2. The number of unbranched alkanes of at least 4 members (excludes halogenated alkanes) is 60. The molecule has 17 nitrogen and oxygen atoms in total. The summed E-state index contributed by atoms with van der Waals surface area (Å²) in [4.78, 5) is 86.7. The summed E-state index contributed by atoms with van der Waals surface area (Å²) >= 11 is 0. The maximum absolute atomic E-state index is 14.9. The van der Waals surface area contributed by atoms with E-state index in [-0.39, 0.29) is 38.5 Å². The van der Waals surface area contributed by atoms with Gasteiger partial charge in [-0.25, -0.2) is 0 Å². The van der Waals surface area contributed by atoms with E-state index < -0.39 is 110 Å². The SMILES string of the molecule is CCCCCCCCCCCCCC(=O)OC[C@H]1O[C@@](COC(=O)CCCCCCCCCCCCC)(O[C@H]2O[C@H](CO)[C@@H](O)[C@H](OC(=O)CCCCCCCCCCCCC)[C@H]2OC(=O)CCCCCCCCCCCCC)[C@@H](OC(=O)CCCCCCCCCCCCC)[C@@H]1OC(=O)CCCCCCCCCCCCC. The van der Waals surface area contributed by atoms with Crippen molar-refractivity contribution < 1.29 is 81.6 Å². The summed E-state index contributed by atoms with van der Waals surface area (Å²) in [7, 11) is 0. The second kappa shape index (κ2) is 76.0. The van der Waals surface area contributed by atoms with Gasteiger partial charge in [-0.2, -0.15) is 0 Å². The van der Waals surface area contributed by atoms with Gasteiger partial charge in [0.1, 0.15) is 31.5 Å². The van der Waals surface area contributed by atoms with Gasteiger partial charge in [0.15, 0.2) is 24.4 Å². The van der Waals surface area contributed by atoms with E-state index in [1.807, 2.05) is 0 Å². The van der Waals surface area contributed by atoms with Crippen LogP contribution in [-0.4, -0.2) is 121 Å². The van der Waals surface area contributed by atoms with Gasteiger partial charge in [0.05, 0.1) is 6.61 Å². The zero-order valence-corrected chi connectivity index (χ0v) is 74.2. The second-order valence-corrected chi connectivity index (χ2v) is 34.1. The van der Waals surface area contributed by atoms with E-state index in [2.05, 4.69) is 41.5 Å². The van der Waals surface area contributed by atoms with Crippen LogP contribution in [0.15, 0.2) is 0 Å². The highest BCUT2D eigenvalue weighted by Crippen LogP contribution is 2.42. The first-order chi connectivity index (χ1) is 55.3. The summed E-state index contributed by atoms with van der Waals surface area (Å²) in [5, 5.41) is 23.4. The van der Waals surface area contributed by atoms with Gasteiger partial charge in [0, 0.05) is 38.5 Å². The largest absolute Gasteiger partial charge is 0.463 e. The molecule has 9 atom stereocenters. The quantitative estimate of drug-likeness (QED) is 0.0328. The molecule has 0 aromatic rings. The molecule has 0 aromatic carbocycles. The standard InChI is InChI=1S/C96H178O17/c1-7-13-19-25-31-37-43-49-55-61-67-73-84(98)105-80-83-91(108-86(100)75-69-63-57-51-45-39-33-27-21-15-9-3)94(111-89(103)78-72-66-60-54-48-42-36-30-24-18-12-6)96(112-83,81-106-85(99)74-68-62-56-50-44-38-32-26-20-14-8-2)113-95-93(110-88(102)77-71-65-59-53-47-41-35-29-23-17-11-5)92(90(104)82(79-97)107-95)109-87(101)76-70-64-58-52-46-40-34-28-22-16-10-4/h82-83,90-95,97,104H,7-81H2,1-6H3/t82-,83-,90-,91-,92+,93-,94+,95-,96+/m1/s1. The lowest BCUT2D eigenvalue weighted by molar-refractivity contribution is -0.384. The van der Waals surface area contributed by atoms with Crippen LogP contribution >= 0.6 is 0 Å². The van der Waals surface area contributed by atoms with Crippen LogP contribution in [0.25, 0.3) is 0 Å². The average molecular weight is 1600 g/mol. The van der Waals surface area contributed by atoms with Gasteiger partial charge in [0.25, 0.3) is 0 Å². The van der Waals surface area contributed by atoms with E-state index in [1.54, 1.807) is 0 Å². The fourth-order valence-corrected chi connectivity index (χ4v) is 16.0. The van der Waals surface area contributed by atoms with Crippen LogP contribution in [0.1, 0.15) is 504 Å². The highest BCUT2D eigenvalue weighted by molar-refractivity contribution is 5.72. The van der Waals surface area contributed by atoms with Crippen molar-refractivity contribution in [2.75, 3.05) is 19.8 Å². The number of esters is 6. The molecule has 113 heavy (non-hydrogen) atoms. The van der Waals surface area contributed by atoms with Crippen molar-refractivity contribution in [3.63, 3.8) is 0 Å². The van der Waals surface area contributed by atoms with Crippen LogP contribution in [0.4, 0.5) is 0 Å². The molecule has 0 radical (unpaired) electrons. The fourth-order valence-electron chi connectivity index (χ4n) is 16.0. The molecule has 664 valence electrons. The number of carbonyl (C=O) groups is 6. The van der Waals surface area contributed by atoms with Gasteiger partial charge >= 0.3 is 35.8 Å². The molecule has 2 fully saturated rings. The summed E-state index contributed by atoms with van der Waals surface area (Å²) in [6.07, 6.45) is 57.8. The van der Waals surface area contributed by atoms with E-state index in [1.165, 1.54) is 231 Å². The third kappa shape index (κ3) is 56.7. The van der Waals surface area contributed by atoms with E-state index in [0.717, 1.165) is 154 Å². The number of rotatable bonds is 83. The Morgan fingerprint density at radius 2 is 0.504 bits per heavy atom. The van der Waals surface area contributed by atoms with E-state index >= 15 is 0 Å². The maximum atomic E-state index is 14.9. The number of hydrogen-bond acceptors (Lipinski definition) is 17. The summed E-state index contributed by atoms with van der Waals surface area (Å²) in [6, 6.07) is 0. The zero-order chi connectivity index (χ0) is 82.0. The predicted octanol–water partition coefficient (Wildman–Crippen LogP) is 26.1. The summed E-state index contributed by atoms with van der Waals surface area (Å²) in [5.41, 5.74) is 0. The lowest BCUT2D eigenvalue weighted by atomic mass is 9.97. The number of ether oxygens (including phenoxy) is 9. The van der Waals surface area contributed by atoms with Crippen LogP contribution in [0.2, 0.25) is 0 Å². The molecule has 0 aliphatic carbocycles. The van der Waals surface area contributed by atoms with Gasteiger partial charge in [-0.15, -0.1) is 0 Å². The monoisotopic (exact) mass is 1600 g/mol. The third-order valence-corrected chi connectivity index (χ3v) is 23.4. The van der Waals surface area contributed by atoms with Crippen molar-refractivity contribution in [2.45, 2.75) is 559 Å². The molecule has 2 aliphatic heterocycles. The molecule has 2 N–H and O–H groups in total. The minimum Gasteiger partial charge on any atom is -0.463 e. The van der Waals surface area contributed by atoms with Crippen LogP contribution < -0.4 is 0 Å². The molecule has 0 amide bonds. The van der Waals surface area contributed by atoms with Gasteiger partial charge in [-0.3, -0.25) is 28.8 Å². The van der Waals surface area contributed by atoms with Crippen molar-refractivity contribution in [1.29, 1.82) is 0 Å². The lowest BCUT2D eigenvalue weighted by Gasteiger charge is -2.45. The third-order valence-electron chi connectivity index (χ3n) is 23.4. The Morgan fingerprint density at radius 1 is 0.274 bits per heavy atom. The van der Waals surface area contributed by atoms with Crippen molar-refractivity contribution in [3.8, 4) is 0 Å². The van der Waals surface area contributed by atoms with Crippen LogP contribution in [-0.2, 0) is 71.4 Å². The molecule has 2 rings (SSSR count). The first-order valence-electron chi connectivity index (χ1n) is 48.7. The lowest BCUT2D eigenvalue weighted by Crippen LogP contribution is -2.65. The Bertz CT molecular complexity index is 2210. The predicted molar refractivity (Wildman–Crippen MR) is 458 cm³/mol. The van der Waals surface area contributed by atoms with Gasteiger partial charge in [-0.05, 0) is 38.5 Å².